The summed E-state index contributed by atoms with van der Waals surface area (Å²) in [5.74, 6) is -0.669. The highest BCUT2D eigenvalue weighted by atomic mass is 16.5. The monoisotopic (exact) mass is 399 g/mol. The number of methoxy groups -OCH3 is 1. The molecule has 2 aliphatic rings. The number of phenolic OH excluding ortho intramolecular Hbond substituents is 1. The molecule has 2 N–H and O–H groups in total. The Balaban J connectivity index is 2.17. The molecule has 0 saturated heterocycles. The fourth-order valence-corrected chi connectivity index (χ4v) is 4.19. The molecule has 0 unspecified atom stereocenters. The Morgan fingerprint density at radius 1 is 1.31 bits per heavy atom. The van der Waals surface area contributed by atoms with Gasteiger partial charge in [0.1, 0.15) is 0 Å². The largest absolute Gasteiger partial charge is 0.504 e. The van der Waals surface area contributed by atoms with Gasteiger partial charge in [-0.15, -0.1) is 0 Å². The third-order valence-corrected chi connectivity index (χ3v) is 5.43. The van der Waals surface area contributed by atoms with Crippen LogP contribution in [0.3, 0.4) is 0 Å². The first-order valence-corrected chi connectivity index (χ1v) is 9.96. The number of carbonyl (C=O) groups excluding carboxylic acids is 2. The van der Waals surface area contributed by atoms with Crippen molar-refractivity contribution in [3.05, 3.63) is 46.3 Å². The summed E-state index contributed by atoms with van der Waals surface area (Å²) < 4.78 is 10.7. The Kier molecular flexibility index (Phi) is 5.73. The minimum absolute atomic E-state index is 0.00584. The lowest BCUT2D eigenvalue weighted by atomic mass is 9.68. The number of hydrogen-bond donors (Lipinski definition) is 2. The van der Waals surface area contributed by atoms with E-state index in [2.05, 4.69) is 19.2 Å². The first-order valence-electron chi connectivity index (χ1n) is 9.96. The number of Topliss-reactive ketones (excluding diaryl/α,β-unsaturated/α-hetero) is 1. The summed E-state index contributed by atoms with van der Waals surface area (Å²) in [6.07, 6.45) is 1.84. The van der Waals surface area contributed by atoms with Gasteiger partial charge in [-0.2, -0.15) is 0 Å². The quantitative estimate of drug-likeness (QED) is 0.729. The van der Waals surface area contributed by atoms with Crippen LogP contribution in [0.5, 0.6) is 11.5 Å². The lowest BCUT2D eigenvalue weighted by Crippen LogP contribution is -2.38. The molecule has 1 aromatic carbocycles. The number of dihydropyridines is 1. The maximum atomic E-state index is 13.2. The Hall–Kier alpha value is -2.76. The van der Waals surface area contributed by atoms with Gasteiger partial charge >= 0.3 is 5.97 Å². The number of allylic oxidation sites excluding steroid dienone is 3. The van der Waals surface area contributed by atoms with E-state index >= 15 is 0 Å². The van der Waals surface area contributed by atoms with Gasteiger partial charge in [0.2, 0.25) is 0 Å². The predicted molar refractivity (Wildman–Crippen MR) is 110 cm³/mol. The number of benzene rings is 1. The lowest BCUT2D eigenvalue weighted by molar-refractivity contribution is -0.139. The standard InChI is InChI=1S/C23H29NO5/c1-6-9-29-22(27)19-13(2)24-15-11-23(3,4)12-17(26)21(15)20(19)14-7-8-16(25)18(10-14)28-5/h7-8,10,20,24-25H,6,9,11-12H2,1-5H3/t20-/m0/s1. The van der Waals surface area contributed by atoms with E-state index in [9.17, 15) is 14.7 Å². The van der Waals surface area contributed by atoms with Crippen molar-refractivity contribution < 1.29 is 24.2 Å². The third-order valence-electron chi connectivity index (χ3n) is 5.43. The molecule has 1 aliphatic heterocycles. The molecule has 29 heavy (non-hydrogen) atoms. The number of hydrogen-bond acceptors (Lipinski definition) is 6. The van der Waals surface area contributed by atoms with Crippen LogP contribution in [-0.2, 0) is 14.3 Å². The third kappa shape index (κ3) is 4.02. The van der Waals surface area contributed by atoms with E-state index in [4.69, 9.17) is 9.47 Å². The molecule has 6 heteroatoms. The molecule has 6 nitrogen and oxygen atoms in total. The van der Waals surface area contributed by atoms with Gasteiger partial charge in [0.05, 0.1) is 19.3 Å². The topological polar surface area (TPSA) is 84.9 Å². The molecule has 0 amide bonds. The molecule has 1 heterocycles. The van der Waals surface area contributed by atoms with Crippen molar-refractivity contribution in [3.63, 3.8) is 0 Å². The Labute approximate surface area is 171 Å². The molecular weight excluding hydrogens is 370 g/mol. The summed E-state index contributed by atoms with van der Waals surface area (Å²) in [6, 6.07) is 4.94. The number of esters is 1. The molecule has 1 aromatic rings. The molecule has 1 atom stereocenters. The van der Waals surface area contributed by atoms with E-state index in [1.807, 2.05) is 13.8 Å². The molecule has 156 valence electrons. The van der Waals surface area contributed by atoms with Crippen molar-refractivity contribution >= 4 is 11.8 Å². The Bertz CT molecular complexity index is 910. The summed E-state index contributed by atoms with van der Waals surface area (Å²) in [6.45, 7) is 8.22. The van der Waals surface area contributed by atoms with Gasteiger partial charge in [-0.25, -0.2) is 4.79 Å². The van der Waals surface area contributed by atoms with Crippen LogP contribution in [0, 0.1) is 5.41 Å². The number of ketones is 1. The van der Waals surface area contributed by atoms with Crippen molar-refractivity contribution in [2.45, 2.75) is 52.9 Å². The van der Waals surface area contributed by atoms with Crippen LogP contribution in [0.1, 0.15) is 58.4 Å². The number of carbonyl (C=O) groups is 2. The summed E-state index contributed by atoms with van der Waals surface area (Å²) >= 11 is 0. The average Bonchev–Trinajstić information content (AvgIpc) is 2.64. The summed E-state index contributed by atoms with van der Waals surface area (Å²) in [4.78, 5) is 26.1. The minimum Gasteiger partial charge on any atom is -0.504 e. The second kappa shape index (κ2) is 7.93. The Morgan fingerprint density at radius 2 is 2.03 bits per heavy atom. The predicted octanol–water partition coefficient (Wildman–Crippen LogP) is 3.96. The molecule has 3 rings (SSSR count). The molecule has 0 bridgehead atoms. The first-order chi connectivity index (χ1) is 13.7. The smallest absolute Gasteiger partial charge is 0.336 e. The average molecular weight is 399 g/mol. The second-order valence-corrected chi connectivity index (χ2v) is 8.50. The van der Waals surface area contributed by atoms with Crippen molar-refractivity contribution in [3.8, 4) is 11.5 Å². The number of rotatable bonds is 5. The van der Waals surface area contributed by atoms with Crippen molar-refractivity contribution in [1.29, 1.82) is 0 Å². The molecule has 0 fully saturated rings. The van der Waals surface area contributed by atoms with Crippen LogP contribution in [0.4, 0.5) is 0 Å². The van der Waals surface area contributed by atoms with Crippen LogP contribution in [0.25, 0.3) is 0 Å². The van der Waals surface area contributed by atoms with Crippen molar-refractivity contribution in [2.24, 2.45) is 5.41 Å². The fourth-order valence-electron chi connectivity index (χ4n) is 4.19. The SMILES string of the molecule is CCCOC(=O)C1=C(C)NC2=C(C(=O)CC(C)(C)C2)[C@H]1c1ccc(O)c(OC)c1. The molecule has 0 aromatic heterocycles. The number of aromatic hydroxyl groups is 1. The van der Waals surface area contributed by atoms with E-state index in [-0.39, 0.29) is 16.9 Å². The van der Waals surface area contributed by atoms with Crippen molar-refractivity contribution in [1.82, 2.24) is 5.32 Å². The highest BCUT2D eigenvalue weighted by Gasteiger charge is 2.43. The van der Waals surface area contributed by atoms with Gasteiger partial charge < -0.3 is 19.9 Å². The zero-order valence-electron chi connectivity index (χ0n) is 17.7. The van der Waals surface area contributed by atoms with Gasteiger partial charge in [0, 0.05) is 29.3 Å². The van der Waals surface area contributed by atoms with Crippen LogP contribution in [0.15, 0.2) is 40.7 Å². The van der Waals surface area contributed by atoms with Gasteiger partial charge in [-0.3, -0.25) is 4.79 Å². The van der Waals surface area contributed by atoms with Gasteiger partial charge in [-0.1, -0.05) is 26.8 Å². The minimum atomic E-state index is -0.561. The zero-order chi connectivity index (χ0) is 21.3. The Morgan fingerprint density at radius 3 is 2.69 bits per heavy atom. The number of phenols is 1. The van der Waals surface area contributed by atoms with E-state index < -0.39 is 11.9 Å². The fraction of sp³-hybridized carbons (Fsp3) is 0.478. The lowest BCUT2D eigenvalue weighted by Gasteiger charge is -2.39. The van der Waals surface area contributed by atoms with E-state index in [0.717, 1.165) is 5.70 Å². The second-order valence-electron chi connectivity index (χ2n) is 8.50. The van der Waals surface area contributed by atoms with Gasteiger partial charge in [-0.05, 0) is 42.9 Å². The van der Waals surface area contributed by atoms with E-state index in [1.54, 1.807) is 12.1 Å². The highest BCUT2D eigenvalue weighted by molar-refractivity contribution is 6.04. The van der Waals surface area contributed by atoms with E-state index in [0.29, 0.717) is 54.0 Å². The van der Waals surface area contributed by atoms with E-state index in [1.165, 1.54) is 13.2 Å². The van der Waals surface area contributed by atoms with Crippen LogP contribution in [0.2, 0.25) is 0 Å². The normalized spacial score (nSPS) is 20.9. The number of nitrogens with one attached hydrogen (secondary N) is 1. The highest BCUT2D eigenvalue weighted by Crippen LogP contribution is 2.47. The molecule has 0 spiro atoms. The van der Waals surface area contributed by atoms with Gasteiger partial charge in [0.25, 0.3) is 0 Å². The molecule has 0 radical (unpaired) electrons. The molecule has 0 saturated carbocycles. The van der Waals surface area contributed by atoms with Crippen LogP contribution >= 0.6 is 0 Å². The number of ether oxygens (including phenoxy) is 2. The van der Waals surface area contributed by atoms with Crippen LogP contribution in [-0.4, -0.2) is 30.6 Å². The first kappa shape index (κ1) is 21.0. The maximum Gasteiger partial charge on any atom is 0.336 e. The van der Waals surface area contributed by atoms with Crippen molar-refractivity contribution in [2.75, 3.05) is 13.7 Å². The summed E-state index contributed by atoms with van der Waals surface area (Å²) in [7, 11) is 1.47. The zero-order valence-corrected chi connectivity index (χ0v) is 17.7. The summed E-state index contributed by atoms with van der Waals surface area (Å²) in [5, 5.41) is 13.3. The van der Waals surface area contributed by atoms with Crippen LogP contribution < -0.4 is 10.1 Å². The van der Waals surface area contributed by atoms with Gasteiger partial charge in [0.15, 0.2) is 17.3 Å². The summed E-state index contributed by atoms with van der Waals surface area (Å²) in [5.41, 5.74) is 3.13. The molecular formula is C23H29NO5. The molecule has 1 aliphatic carbocycles. The maximum absolute atomic E-state index is 13.2.